The fraction of sp³-hybridized carbons (Fsp3) is 0.167. The Morgan fingerprint density at radius 2 is 2.30 bits per heavy atom. The number of ether oxygens (including phenoxy) is 1. The lowest BCUT2D eigenvalue weighted by molar-refractivity contribution is -0.113. The molecule has 140 valence electrons. The number of nitrogens with one attached hydrogen (secondary N) is 1. The average Bonchev–Trinajstić information content (AvgIpc) is 3.11. The van der Waals surface area contributed by atoms with Crippen molar-refractivity contribution in [2.45, 2.75) is 11.7 Å². The second-order valence-electron chi connectivity index (χ2n) is 5.42. The summed E-state index contributed by atoms with van der Waals surface area (Å²) < 4.78 is 6.61. The van der Waals surface area contributed by atoms with Gasteiger partial charge in [0.2, 0.25) is 5.91 Å². The molecule has 2 heterocycles. The molecule has 1 N–H and O–H groups in total. The smallest absolute Gasteiger partial charge is 0.263 e. The molecule has 1 aromatic carbocycles. The van der Waals surface area contributed by atoms with Gasteiger partial charge >= 0.3 is 0 Å². The summed E-state index contributed by atoms with van der Waals surface area (Å²) in [6.07, 6.45) is 1.63. The fourth-order valence-corrected chi connectivity index (χ4v) is 4.27. The molecule has 9 heteroatoms. The SMILES string of the molecule is C=CCn1c(SCC(=O)Nc2ccc(OC)c(Cl)c2)nc2sccc2c1=O. The molecule has 0 unspecified atom stereocenters. The first-order chi connectivity index (χ1) is 13.0. The zero-order valence-electron chi connectivity index (χ0n) is 14.4. The van der Waals surface area contributed by atoms with Crippen molar-refractivity contribution in [1.82, 2.24) is 9.55 Å². The van der Waals surface area contributed by atoms with Gasteiger partial charge in [0, 0.05) is 12.2 Å². The number of benzene rings is 1. The van der Waals surface area contributed by atoms with Crippen LogP contribution in [0.4, 0.5) is 5.69 Å². The van der Waals surface area contributed by atoms with Gasteiger partial charge in [-0.3, -0.25) is 14.2 Å². The standard InChI is InChI=1S/C18H16ClN3O3S2/c1-3-7-22-17(24)12-6-8-26-16(12)21-18(22)27-10-15(23)20-11-4-5-14(25-2)13(19)9-11/h3-6,8-9H,1,7,10H2,2H3,(H,20,23). The highest BCUT2D eigenvalue weighted by molar-refractivity contribution is 7.99. The number of halogens is 1. The first-order valence-corrected chi connectivity index (χ1v) is 10.1. The number of allylic oxidation sites excluding steroid dienone is 1. The van der Waals surface area contributed by atoms with E-state index in [1.165, 1.54) is 34.8 Å². The molecule has 0 atom stereocenters. The molecule has 1 amide bonds. The molecular formula is C18H16ClN3O3S2. The fourth-order valence-electron chi connectivity index (χ4n) is 2.40. The number of thioether (sulfide) groups is 1. The molecule has 27 heavy (non-hydrogen) atoms. The summed E-state index contributed by atoms with van der Waals surface area (Å²) in [5.74, 6) is 0.405. The average molecular weight is 422 g/mol. The summed E-state index contributed by atoms with van der Waals surface area (Å²) in [7, 11) is 1.52. The number of thiophene rings is 1. The molecule has 0 saturated heterocycles. The first kappa shape index (κ1) is 19.5. The molecule has 3 aromatic rings. The maximum atomic E-state index is 12.6. The van der Waals surface area contributed by atoms with Gasteiger partial charge in [-0.15, -0.1) is 17.9 Å². The van der Waals surface area contributed by atoms with E-state index in [0.29, 0.717) is 38.4 Å². The zero-order chi connectivity index (χ0) is 19.4. The maximum Gasteiger partial charge on any atom is 0.263 e. The second kappa shape index (κ2) is 8.60. The summed E-state index contributed by atoms with van der Waals surface area (Å²) in [6, 6.07) is 6.76. The second-order valence-corrected chi connectivity index (χ2v) is 7.67. The van der Waals surface area contributed by atoms with E-state index in [1.54, 1.807) is 30.3 Å². The number of methoxy groups -OCH3 is 1. The van der Waals surface area contributed by atoms with Crippen LogP contribution in [0, 0.1) is 0 Å². The van der Waals surface area contributed by atoms with E-state index in [4.69, 9.17) is 16.3 Å². The molecule has 0 radical (unpaired) electrons. The van der Waals surface area contributed by atoms with Crippen LogP contribution in [0.15, 0.2) is 52.3 Å². The number of carbonyl (C=O) groups is 1. The minimum absolute atomic E-state index is 0.101. The van der Waals surface area contributed by atoms with Crippen molar-refractivity contribution in [2.75, 3.05) is 18.2 Å². The molecule has 0 spiro atoms. The Bertz CT molecular complexity index is 1060. The molecule has 2 aromatic heterocycles. The number of hydrogen-bond donors (Lipinski definition) is 1. The van der Waals surface area contributed by atoms with Crippen molar-refractivity contribution >= 4 is 56.5 Å². The van der Waals surface area contributed by atoms with Gasteiger partial charge in [0.15, 0.2) is 5.16 Å². The molecule has 0 aliphatic heterocycles. The summed E-state index contributed by atoms with van der Waals surface area (Å²) in [5.41, 5.74) is 0.433. The van der Waals surface area contributed by atoms with Gasteiger partial charge < -0.3 is 10.1 Å². The number of aromatic nitrogens is 2. The Balaban J connectivity index is 1.75. The van der Waals surface area contributed by atoms with E-state index in [1.807, 2.05) is 5.38 Å². The van der Waals surface area contributed by atoms with Crippen LogP contribution in [0.2, 0.25) is 5.02 Å². The summed E-state index contributed by atoms with van der Waals surface area (Å²) in [5, 5.41) is 6.06. The topological polar surface area (TPSA) is 73.2 Å². The molecule has 0 aliphatic carbocycles. The summed E-state index contributed by atoms with van der Waals surface area (Å²) >= 11 is 8.66. The highest BCUT2D eigenvalue weighted by Crippen LogP contribution is 2.27. The molecule has 3 rings (SSSR count). The van der Waals surface area contributed by atoms with Crippen molar-refractivity contribution < 1.29 is 9.53 Å². The van der Waals surface area contributed by atoms with Crippen LogP contribution in [0.5, 0.6) is 5.75 Å². The van der Waals surface area contributed by atoms with Crippen LogP contribution in [-0.4, -0.2) is 28.3 Å². The third-order valence-electron chi connectivity index (χ3n) is 3.63. The van der Waals surface area contributed by atoms with E-state index in [2.05, 4.69) is 16.9 Å². The Kier molecular flexibility index (Phi) is 6.20. The molecule has 0 saturated carbocycles. The van der Waals surface area contributed by atoms with Crippen LogP contribution in [0.1, 0.15) is 0 Å². The van der Waals surface area contributed by atoms with Gasteiger partial charge in [0.25, 0.3) is 5.56 Å². The molecule has 0 bridgehead atoms. The minimum Gasteiger partial charge on any atom is -0.495 e. The van der Waals surface area contributed by atoms with Gasteiger partial charge in [-0.25, -0.2) is 4.98 Å². The minimum atomic E-state index is -0.230. The number of fused-ring (bicyclic) bond motifs is 1. The third kappa shape index (κ3) is 4.35. The van der Waals surface area contributed by atoms with E-state index in [-0.39, 0.29) is 17.2 Å². The van der Waals surface area contributed by atoms with Gasteiger partial charge in [0.1, 0.15) is 10.6 Å². The van der Waals surface area contributed by atoms with Gasteiger partial charge in [0.05, 0.1) is 23.3 Å². The quantitative estimate of drug-likeness (QED) is 0.354. The number of nitrogens with zero attached hydrogens (tertiary/aromatic N) is 2. The normalized spacial score (nSPS) is 10.7. The van der Waals surface area contributed by atoms with Crippen molar-refractivity contribution in [3.05, 3.63) is 57.7 Å². The van der Waals surface area contributed by atoms with Gasteiger partial charge in [-0.05, 0) is 29.6 Å². The maximum absolute atomic E-state index is 12.6. The molecule has 0 aliphatic rings. The van der Waals surface area contributed by atoms with Crippen molar-refractivity contribution in [3.63, 3.8) is 0 Å². The van der Waals surface area contributed by atoms with E-state index in [9.17, 15) is 9.59 Å². The predicted molar refractivity (Wildman–Crippen MR) is 111 cm³/mol. The first-order valence-electron chi connectivity index (χ1n) is 7.88. The Morgan fingerprint density at radius 3 is 3.00 bits per heavy atom. The van der Waals surface area contributed by atoms with Gasteiger partial charge in [-0.2, -0.15) is 0 Å². The number of anilines is 1. The van der Waals surface area contributed by atoms with Crippen LogP contribution in [-0.2, 0) is 11.3 Å². The number of hydrogen-bond acceptors (Lipinski definition) is 6. The zero-order valence-corrected chi connectivity index (χ0v) is 16.8. The summed E-state index contributed by atoms with van der Waals surface area (Å²) in [6.45, 7) is 4.01. The van der Waals surface area contributed by atoms with E-state index in [0.717, 1.165) is 0 Å². The van der Waals surface area contributed by atoms with E-state index >= 15 is 0 Å². The monoisotopic (exact) mass is 421 g/mol. The lowest BCUT2D eigenvalue weighted by Crippen LogP contribution is -2.23. The number of carbonyl (C=O) groups excluding carboxylic acids is 1. The Morgan fingerprint density at radius 1 is 1.48 bits per heavy atom. The van der Waals surface area contributed by atoms with Crippen LogP contribution >= 0.6 is 34.7 Å². The highest BCUT2D eigenvalue weighted by Gasteiger charge is 2.14. The number of amides is 1. The van der Waals surface area contributed by atoms with Crippen LogP contribution in [0.3, 0.4) is 0 Å². The lowest BCUT2D eigenvalue weighted by Gasteiger charge is -2.11. The van der Waals surface area contributed by atoms with Crippen molar-refractivity contribution in [2.24, 2.45) is 0 Å². The van der Waals surface area contributed by atoms with Crippen LogP contribution in [0.25, 0.3) is 10.2 Å². The van der Waals surface area contributed by atoms with Crippen molar-refractivity contribution in [1.29, 1.82) is 0 Å². The predicted octanol–water partition coefficient (Wildman–Crippen LogP) is 4.04. The van der Waals surface area contributed by atoms with E-state index < -0.39 is 0 Å². The third-order valence-corrected chi connectivity index (χ3v) is 5.71. The molecule has 6 nitrogen and oxygen atoms in total. The Hall–Kier alpha value is -2.29. The summed E-state index contributed by atoms with van der Waals surface area (Å²) in [4.78, 5) is 30.0. The largest absolute Gasteiger partial charge is 0.495 e. The lowest BCUT2D eigenvalue weighted by atomic mass is 10.3. The Labute approximate surface area is 168 Å². The molecule has 0 fully saturated rings. The molecular weight excluding hydrogens is 406 g/mol. The highest BCUT2D eigenvalue weighted by atomic mass is 35.5. The van der Waals surface area contributed by atoms with Gasteiger partial charge in [-0.1, -0.05) is 29.4 Å². The van der Waals surface area contributed by atoms with Crippen LogP contribution < -0.4 is 15.6 Å². The van der Waals surface area contributed by atoms with Crippen molar-refractivity contribution in [3.8, 4) is 5.75 Å². The number of rotatable bonds is 7.